The Balaban J connectivity index is 2.01. The largest absolute Gasteiger partial charge is 0.247 e. The summed E-state index contributed by atoms with van der Waals surface area (Å²) in [5.74, 6) is 0.558. The van der Waals surface area contributed by atoms with Crippen LogP contribution < -0.4 is 0 Å². The van der Waals surface area contributed by atoms with Gasteiger partial charge in [-0.2, -0.15) is 0 Å². The van der Waals surface area contributed by atoms with Crippen molar-refractivity contribution in [1.82, 2.24) is 9.97 Å². The van der Waals surface area contributed by atoms with Gasteiger partial charge < -0.3 is 0 Å². The molecule has 0 bridgehead atoms. The highest BCUT2D eigenvalue weighted by Gasteiger charge is 2.03. The molecule has 0 aliphatic carbocycles. The minimum Gasteiger partial charge on any atom is -0.247 e. The van der Waals surface area contributed by atoms with Crippen molar-refractivity contribution >= 4 is 22.5 Å². The minimum absolute atomic E-state index is 0.558. The molecule has 0 amide bonds. The first-order valence-corrected chi connectivity index (χ1v) is 6.03. The second-order valence-corrected chi connectivity index (χ2v) is 4.16. The molecule has 92 valence electrons. The van der Waals surface area contributed by atoms with E-state index in [9.17, 15) is 0 Å². The van der Waals surface area contributed by atoms with E-state index in [1.807, 2.05) is 61.5 Å². The van der Waals surface area contributed by atoms with Gasteiger partial charge in [-0.3, -0.25) is 0 Å². The van der Waals surface area contributed by atoms with Gasteiger partial charge in [-0.15, -0.1) is 10.2 Å². The zero-order valence-corrected chi connectivity index (χ0v) is 10.5. The Kier molecular flexibility index (Phi) is 2.98. The summed E-state index contributed by atoms with van der Waals surface area (Å²) < 4.78 is 0. The fourth-order valence-electron chi connectivity index (χ4n) is 1.77. The number of rotatable bonds is 2. The molecular formula is C15H12N4. The van der Waals surface area contributed by atoms with Crippen molar-refractivity contribution in [2.45, 2.75) is 6.92 Å². The van der Waals surface area contributed by atoms with Gasteiger partial charge in [-0.25, -0.2) is 9.97 Å². The Labute approximate surface area is 110 Å². The summed E-state index contributed by atoms with van der Waals surface area (Å²) in [6.07, 6.45) is 0. The first-order chi connectivity index (χ1) is 9.33. The number of aromatic nitrogens is 2. The van der Waals surface area contributed by atoms with Crippen molar-refractivity contribution in [2.24, 2.45) is 10.2 Å². The van der Waals surface area contributed by atoms with Crippen molar-refractivity contribution in [3.8, 4) is 0 Å². The number of hydrogen-bond donors (Lipinski definition) is 0. The summed E-state index contributed by atoms with van der Waals surface area (Å²) in [7, 11) is 0. The lowest BCUT2D eigenvalue weighted by molar-refractivity contribution is 1.10. The lowest BCUT2D eigenvalue weighted by Crippen LogP contribution is -1.88. The first kappa shape index (κ1) is 11.5. The molecule has 19 heavy (non-hydrogen) atoms. The smallest absolute Gasteiger partial charge is 0.196 e. The third-order valence-corrected chi connectivity index (χ3v) is 2.74. The second-order valence-electron chi connectivity index (χ2n) is 4.16. The third kappa shape index (κ3) is 2.47. The van der Waals surface area contributed by atoms with E-state index in [-0.39, 0.29) is 0 Å². The van der Waals surface area contributed by atoms with Gasteiger partial charge in [0.25, 0.3) is 0 Å². The second kappa shape index (κ2) is 4.94. The Morgan fingerprint density at radius 1 is 0.737 bits per heavy atom. The van der Waals surface area contributed by atoms with Crippen molar-refractivity contribution in [3.63, 3.8) is 0 Å². The molecule has 0 atom stereocenters. The maximum Gasteiger partial charge on any atom is 0.196 e. The summed E-state index contributed by atoms with van der Waals surface area (Å²) >= 11 is 0. The molecule has 0 fully saturated rings. The molecule has 0 saturated carbocycles. The van der Waals surface area contributed by atoms with E-state index in [2.05, 4.69) is 20.2 Å². The Morgan fingerprint density at radius 2 is 1.37 bits per heavy atom. The van der Waals surface area contributed by atoms with Crippen LogP contribution in [0.15, 0.2) is 64.8 Å². The number of aryl methyl sites for hydroxylation is 1. The molecule has 0 saturated heterocycles. The number of para-hydroxylation sites is 2. The van der Waals surface area contributed by atoms with Crippen LogP contribution in [-0.2, 0) is 0 Å². The van der Waals surface area contributed by atoms with E-state index in [0.717, 1.165) is 22.4 Å². The molecule has 1 aromatic heterocycles. The van der Waals surface area contributed by atoms with Gasteiger partial charge in [0, 0.05) is 0 Å². The fourth-order valence-corrected chi connectivity index (χ4v) is 1.77. The Hall–Kier alpha value is -2.62. The van der Waals surface area contributed by atoms with E-state index in [1.54, 1.807) is 0 Å². The topological polar surface area (TPSA) is 50.5 Å². The van der Waals surface area contributed by atoms with Crippen molar-refractivity contribution in [3.05, 3.63) is 60.3 Å². The fraction of sp³-hybridized carbons (Fsp3) is 0.0667. The normalized spacial score (nSPS) is 11.2. The maximum atomic E-state index is 4.47. The van der Waals surface area contributed by atoms with Gasteiger partial charge in [0.1, 0.15) is 0 Å². The van der Waals surface area contributed by atoms with E-state index >= 15 is 0 Å². The van der Waals surface area contributed by atoms with Gasteiger partial charge in [0.2, 0.25) is 0 Å². The standard InChI is InChI=1S/C15H12N4/c1-11-15(19-18-12-7-3-2-4-8-12)17-14-10-6-5-9-13(14)16-11/h2-10H,1H3. The van der Waals surface area contributed by atoms with Gasteiger partial charge in [-0.05, 0) is 31.2 Å². The molecule has 0 aliphatic rings. The van der Waals surface area contributed by atoms with Crippen molar-refractivity contribution in [2.75, 3.05) is 0 Å². The lowest BCUT2D eigenvalue weighted by Gasteiger charge is -2.00. The van der Waals surface area contributed by atoms with E-state index in [0.29, 0.717) is 5.82 Å². The van der Waals surface area contributed by atoms with Crippen LogP contribution in [0, 0.1) is 6.92 Å². The lowest BCUT2D eigenvalue weighted by atomic mass is 10.3. The molecule has 3 rings (SSSR count). The van der Waals surface area contributed by atoms with Crippen LogP contribution in [-0.4, -0.2) is 9.97 Å². The highest BCUT2D eigenvalue weighted by Crippen LogP contribution is 2.21. The zero-order chi connectivity index (χ0) is 13.1. The summed E-state index contributed by atoms with van der Waals surface area (Å²) in [6, 6.07) is 17.3. The quantitative estimate of drug-likeness (QED) is 0.633. The van der Waals surface area contributed by atoms with Crippen LogP contribution in [0.25, 0.3) is 11.0 Å². The van der Waals surface area contributed by atoms with Crippen molar-refractivity contribution in [1.29, 1.82) is 0 Å². The van der Waals surface area contributed by atoms with Gasteiger partial charge >= 0.3 is 0 Å². The minimum atomic E-state index is 0.558. The van der Waals surface area contributed by atoms with Gasteiger partial charge in [0.15, 0.2) is 5.82 Å². The van der Waals surface area contributed by atoms with E-state index in [4.69, 9.17) is 0 Å². The number of benzene rings is 2. The molecule has 4 nitrogen and oxygen atoms in total. The number of azo groups is 1. The number of fused-ring (bicyclic) bond motifs is 1. The summed E-state index contributed by atoms with van der Waals surface area (Å²) in [5.41, 5.74) is 3.28. The SMILES string of the molecule is Cc1nc2ccccc2nc1N=Nc1ccccc1. The molecule has 2 aromatic carbocycles. The van der Waals surface area contributed by atoms with E-state index in [1.165, 1.54) is 0 Å². The zero-order valence-electron chi connectivity index (χ0n) is 10.5. The van der Waals surface area contributed by atoms with Crippen LogP contribution in [0.3, 0.4) is 0 Å². The van der Waals surface area contributed by atoms with Crippen LogP contribution in [0.1, 0.15) is 5.69 Å². The molecule has 0 spiro atoms. The number of nitrogens with zero attached hydrogens (tertiary/aromatic N) is 4. The molecular weight excluding hydrogens is 236 g/mol. The molecule has 0 N–H and O–H groups in total. The predicted molar refractivity (Wildman–Crippen MR) is 74.9 cm³/mol. The van der Waals surface area contributed by atoms with Crippen LogP contribution >= 0.6 is 0 Å². The molecule has 0 unspecified atom stereocenters. The highest BCUT2D eigenvalue weighted by atomic mass is 15.2. The summed E-state index contributed by atoms with van der Waals surface area (Å²) in [4.78, 5) is 8.94. The van der Waals surface area contributed by atoms with Gasteiger partial charge in [0.05, 0.1) is 22.4 Å². The first-order valence-electron chi connectivity index (χ1n) is 6.03. The van der Waals surface area contributed by atoms with Crippen LogP contribution in [0.5, 0.6) is 0 Å². The molecule has 3 aromatic rings. The molecule has 1 heterocycles. The molecule has 0 radical (unpaired) electrons. The van der Waals surface area contributed by atoms with E-state index < -0.39 is 0 Å². The Bertz CT molecular complexity index is 735. The average molecular weight is 248 g/mol. The predicted octanol–water partition coefficient (Wildman–Crippen LogP) is 4.35. The van der Waals surface area contributed by atoms with Crippen molar-refractivity contribution < 1.29 is 0 Å². The van der Waals surface area contributed by atoms with Crippen LogP contribution in [0.4, 0.5) is 11.5 Å². The molecule has 0 aliphatic heterocycles. The molecule has 4 heteroatoms. The van der Waals surface area contributed by atoms with Gasteiger partial charge in [-0.1, -0.05) is 30.3 Å². The third-order valence-electron chi connectivity index (χ3n) is 2.74. The van der Waals surface area contributed by atoms with Crippen LogP contribution in [0.2, 0.25) is 0 Å². The highest BCUT2D eigenvalue weighted by molar-refractivity contribution is 5.75. The average Bonchev–Trinajstić information content (AvgIpc) is 2.46. The number of hydrogen-bond acceptors (Lipinski definition) is 4. The Morgan fingerprint density at radius 3 is 2.11 bits per heavy atom. The maximum absolute atomic E-state index is 4.47. The summed E-state index contributed by atoms with van der Waals surface area (Å²) in [6.45, 7) is 1.89. The summed E-state index contributed by atoms with van der Waals surface area (Å²) in [5, 5.41) is 8.34. The monoisotopic (exact) mass is 248 g/mol.